The molecule has 0 atom stereocenters. The van der Waals surface area contributed by atoms with Gasteiger partial charge in [-0.05, 0) is 92.6 Å². The second kappa shape index (κ2) is 10.7. The summed E-state index contributed by atoms with van der Waals surface area (Å²) in [5.74, 6) is 1.42. The number of benzene rings is 4. The van der Waals surface area contributed by atoms with Gasteiger partial charge in [-0.25, -0.2) is 9.97 Å². The van der Waals surface area contributed by atoms with Gasteiger partial charge in [0.1, 0.15) is 22.8 Å². The first kappa shape index (κ1) is 28.4. The van der Waals surface area contributed by atoms with E-state index in [0.29, 0.717) is 11.5 Å². The Labute approximate surface area is 287 Å². The molecule has 6 heterocycles. The molecule has 50 heavy (non-hydrogen) atoms. The highest BCUT2D eigenvalue weighted by atomic mass is 16.5. The number of rotatable bonds is 4. The van der Waals surface area contributed by atoms with Crippen LogP contribution >= 0.6 is 0 Å². The summed E-state index contributed by atoms with van der Waals surface area (Å²) >= 11 is 0. The van der Waals surface area contributed by atoms with E-state index in [1.54, 1.807) is 0 Å². The first-order valence-corrected chi connectivity index (χ1v) is 16.7. The fourth-order valence-corrected chi connectivity index (χ4v) is 7.72. The highest BCUT2D eigenvalue weighted by Gasteiger charge is 2.19. The minimum atomic E-state index is 0.711. The molecular formula is C43H30N6O. The third-order valence-electron chi connectivity index (χ3n) is 9.75. The van der Waals surface area contributed by atoms with Gasteiger partial charge in [-0.15, -0.1) is 0 Å². The fourth-order valence-electron chi connectivity index (χ4n) is 7.72. The minimum Gasteiger partial charge on any atom is -0.457 e. The molecule has 10 rings (SSSR count). The number of pyridine rings is 4. The van der Waals surface area contributed by atoms with Crippen LogP contribution in [0.3, 0.4) is 0 Å². The van der Waals surface area contributed by atoms with Crippen LogP contribution in [0.1, 0.15) is 16.7 Å². The summed E-state index contributed by atoms with van der Waals surface area (Å²) in [5, 5.41) is 3.99. The highest BCUT2D eigenvalue weighted by Crippen LogP contribution is 2.38. The zero-order valence-electron chi connectivity index (χ0n) is 27.7. The quantitative estimate of drug-likeness (QED) is 0.178. The minimum absolute atomic E-state index is 0.711. The summed E-state index contributed by atoms with van der Waals surface area (Å²) < 4.78 is 11.0. The monoisotopic (exact) mass is 646 g/mol. The van der Waals surface area contributed by atoms with Crippen molar-refractivity contribution in [1.82, 2.24) is 28.7 Å². The van der Waals surface area contributed by atoms with E-state index in [9.17, 15) is 0 Å². The van der Waals surface area contributed by atoms with Crippen molar-refractivity contribution in [2.75, 3.05) is 0 Å². The summed E-state index contributed by atoms with van der Waals surface area (Å²) in [4.78, 5) is 19.8. The topological polar surface area (TPSA) is 69.6 Å². The number of aryl methyl sites for hydroxylation is 3. The lowest BCUT2D eigenvalue weighted by atomic mass is 9.97. The smallest absolute Gasteiger partial charge is 0.146 e. The molecular weight excluding hydrogens is 617 g/mol. The fraction of sp³-hybridized carbons (Fsp3) is 0.0698. The Morgan fingerprint density at radius 2 is 1.22 bits per heavy atom. The van der Waals surface area contributed by atoms with Gasteiger partial charge in [0.2, 0.25) is 0 Å². The number of nitrogens with zero attached hydrogens (tertiary/aromatic N) is 6. The second-order valence-corrected chi connectivity index (χ2v) is 13.0. The standard InChI is InChI=1S/C43H30N6O/c1-25-19-26(2)39(27(3)20-25)38-23-46-42-33-21-29(13-15-31(33)41-37(49(38)42)12-8-18-45-41)50-30-14-16-32-34(22-30)43-47-35(28-9-5-4-6-10-28)24-48(43)36-11-7-17-44-40(32)36/h4-24H,1-3H3. The highest BCUT2D eigenvalue weighted by molar-refractivity contribution is 6.12. The number of ether oxygens (including phenoxy) is 1. The van der Waals surface area contributed by atoms with Gasteiger partial charge >= 0.3 is 0 Å². The molecule has 0 unspecified atom stereocenters. The summed E-state index contributed by atoms with van der Waals surface area (Å²) in [5.41, 5.74) is 13.5. The molecule has 0 aliphatic carbocycles. The van der Waals surface area contributed by atoms with Gasteiger partial charge in [0, 0.05) is 51.3 Å². The maximum Gasteiger partial charge on any atom is 0.146 e. The van der Waals surface area contributed by atoms with Crippen LogP contribution in [-0.4, -0.2) is 28.7 Å². The molecule has 6 aromatic heterocycles. The molecule has 4 aromatic carbocycles. The van der Waals surface area contributed by atoms with Crippen LogP contribution < -0.4 is 4.74 Å². The number of fused-ring (bicyclic) bond motifs is 12. The molecule has 0 amide bonds. The van der Waals surface area contributed by atoms with Gasteiger partial charge in [-0.3, -0.25) is 18.8 Å². The third-order valence-corrected chi connectivity index (χ3v) is 9.75. The number of imidazole rings is 2. The average Bonchev–Trinajstić information content (AvgIpc) is 3.78. The predicted molar refractivity (Wildman–Crippen MR) is 201 cm³/mol. The zero-order chi connectivity index (χ0) is 33.5. The van der Waals surface area contributed by atoms with Crippen molar-refractivity contribution in [3.63, 3.8) is 0 Å². The van der Waals surface area contributed by atoms with E-state index in [1.165, 1.54) is 22.3 Å². The predicted octanol–water partition coefficient (Wildman–Crippen LogP) is 10.4. The first-order chi connectivity index (χ1) is 24.5. The van der Waals surface area contributed by atoms with E-state index < -0.39 is 0 Å². The average molecular weight is 647 g/mol. The molecule has 10 aromatic rings. The van der Waals surface area contributed by atoms with Crippen molar-refractivity contribution >= 4 is 54.9 Å². The Morgan fingerprint density at radius 3 is 1.92 bits per heavy atom. The molecule has 7 nitrogen and oxygen atoms in total. The summed E-state index contributed by atoms with van der Waals surface area (Å²) in [6.07, 6.45) is 7.77. The van der Waals surface area contributed by atoms with Gasteiger partial charge < -0.3 is 4.74 Å². The van der Waals surface area contributed by atoms with Gasteiger partial charge in [-0.1, -0.05) is 48.0 Å². The van der Waals surface area contributed by atoms with E-state index in [-0.39, 0.29) is 0 Å². The molecule has 0 saturated carbocycles. The molecule has 0 aliphatic rings. The first-order valence-electron chi connectivity index (χ1n) is 16.7. The summed E-state index contributed by atoms with van der Waals surface area (Å²) in [6, 6.07) is 35.2. The van der Waals surface area contributed by atoms with E-state index in [1.807, 2.05) is 61.1 Å². The lowest BCUT2D eigenvalue weighted by molar-refractivity contribution is 0.484. The summed E-state index contributed by atoms with van der Waals surface area (Å²) in [6.45, 7) is 6.48. The van der Waals surface area contributed by atoms with Crippen molar-refractivity contribution < 1.29 is 4.74 Å². The number of aromatic nitrogens is 6. The molecule has 0 bridgehead atoms. The Morgan fingerprint density at radius 1 is 0.580 bits per heavy atom. The van der Waals surface area contributed by atoms with Gasteiger partial charge in [-0.2, -0.15) is 0 Å². The van der Waals surface area contributed by atoms with Crippen molar-refractivity contribution in [3.8, 4) is 34.0 Å². The molecule has 238 valence electrons. The Hall–Kier alpha value is -6.60. The maximum absolute atomic E-state index is 6.64. The van der Waals surface area contributed by atoms with Crippen LogP contribution in [0, 0.1) is 20.8 Å². The van der Waals surface area contributed by atoms with E-state index in [4.69, 9.17) is 24.7 Å². The molecule has 0 N–H and O–H groups in total. The SMILES string of the molecule is Cc1cc(C)c(-c2cnc3c4cc(Oc5ccc6c(c5)c5nc(-c7ccccc7)cn5c5cccnc65)ccc4c4ncccc4n23)c(C)c1. The number of hydrogen-bond acceptors (Lipinski definition) is 5. The molecule has 7 heteroatoms. The van der Waals surface area contributed by atoms with Crippen LogP contribution in [0.15, 0.2) is 128 Å². The lowest BCUT2D eigenvalue weighted by Crippen LogP contribution is -1.98. The van der Waals surface area contributed by atoms with Crippen LogP contribution in [0.4, 0.5) is 0 Å². The van der Waals surface area contributed by atoms with Gasteiger partial charge in [0.25, 0.3) is 0 Å². The Bertz CT molecular complexity index is 2970. The van der Waals surface area contributed by atoms with Crippen molar-refractivity contribution in [3.05, 3.63) is 145 Å². The van der Waals surface area contributed by atoms with Gasteiger partial charge in [0.05, 0.1) is 39.7 Å². The van der Waals surface area contributed by atoms with E-state index in [0.717, 1.165) is 71.9 Å². The van der Waals surface area contributed by atoms with Crippen LogP contribution in [0.2, 0.25) is 0 Å². The van der Waals surface area contributed by atoms with E-state index >= 15 is 0 Å². The normalized spacial score (nSPS) is 11.9. The third kappa shape index (κ3) is 4.23. The van der Waals surface area contributed by atoms with E-state index in [2.05, 4.69) is 96.4 Å². The van der Waals surface area contributed by atoms with Crippen molar-refractivity contribution in [1.29, 1.82) is 0 Å². The molecule has 0 aliphatic heterocycles. The summed E-state index contributed by atoms with van der Waals surface area (Å²) in [7, 11) is 0. The second-order valence-electron chi connectivity index (χ2n) is 13.0. The van der Waals surface area contributed by atoms with Crippen LogP contribution in [0.5, 0.6) is 11.5 Å². The maximum atomic E-state index is 6.64. The molecule has 0 radical (unpaired) electrons. The molecule has 0 spiro atoms. The largest absolute Gasteiger partial charge is 0.457 e. The van der Waals surface area contributed by atoms with Crippen LogP contribution in [0.25, 0.3) is 77.4 Å². The van der Waals surface area contributed by atoms with Crippen LogP contribution in [-0.2, 0) is 0 Å². The Kier molecular flexibility index (Phi) is 6.08. The Balaban J connectivity index is 1.15. The lowest BCUT2D eigenvalue weighted by Gasteiger charge is -2.15. The number of hydrogen-bond donors (Lipinski definition) is 0. The van der Waals surface area contributed by atoms with Gasteiger partial charge in [0.15, 0.2) is 0 Å². The van der Waals surface area contributed by atoms with Crippen molar-refractivity contribution in [2.45, 2.75) is 20.8 Å². The molecule has 0 saturated heterocycles. The zero-order valence-corrected chi connectivity index (χ0v) is 27.7. The molecule has 0 fully saturated rings. The van der Waals surface area contributed by atoms with Crippen molar-refractivity contribution in [2.24, 2.45) is 0 Å².